The van der Waals surface area contributed by atoms with E-state index >= 15 is 0 Å². The molecule has 9 nitrogen and oxygen atoms in total. The van der Waals surface area contributed by atoms with Gasteiger partial charge in [-0.25, -0.2) is 4.98 Å². The summed E-state index contributed by atoms with van der Waals surface area (Å²) >= 11 is 0. The van der Waals surface area contributed by atoms with Gasteiger partial charge in [-0.1, -0.05) is 12.2 Å². The number of hydrogen-bond acceptors (Lipinski definition) is 9. The molecule has 0 saturated heterocycles. The molecule has 12 N–H and O–H groups in total. The molecule has 1 atom stereocenters. The molecule has 0 bridgehead atoms. The highest BCUT2D eigenvalue weighted by Crippen LogP contribution is 2.15. The first kappa shape index (κ1) is 25.8. The van der Waals surface area contributed by atoms with Crippen LogP contribution in [0.3, 0.4) is 0 Å². The van der Waals surface area contributed by atoms with E-state index in [-0.39, 0.29) is 18.8 Å². The number of hydrogen-bond donors (Lipinski definition) is 7. The number of aliphatic hydroxyl groups excluding tert-OH is 2. The second-order valence-corrected chi connectivity index (χ2v) is 7.29. The van der Waals surface area contributed by atoms with Gasteiger partial charge >= 0.3 is 0 Å². The lowest BCUT2D eigenvalue weighted by atomic mass is 9.94. The number of nitrogens with zero attached hydrogens (tertiary/aromatic N) is 2. The van der Waals surface area contributed by atoms with E-state index in [2.05, 4.69) is 4.98 Å². The van der Waals surface area contributed by atoms with Crippen molar-refractivity contribution in [2.45, 2.75) is 18.9 Å². The molecule has 1 aromatic heterocycles. The van der Waals surface area contributed by atoms with Crippen LogP contribution < -0.4 is 33.6 Å². The van der Waals surface area contributed by atoms with Crippen molar-refractivity contribution in [3.05, 3.63) is 66.5 Å². The Morgan fingerprint density at radius 1 is 0.935 bits per heavy atom. The highest BCUT2D eigenvalue weighted by atomic mass is 16.3. The van der Waals surface area contributed by atoms with Gasteiger partial charge in [-0.15, -0.1) is 0 Å². The Morgan fingerprint density at radius 2 is 1.52 bits per heavy atom. The molecule has 0 saturated carbocycles. The molecule has 1 aliphatic carbocycles. The van der Waals surface area contributed by atoms with Crippen LogP contribution in [0.1, 0.15) is 13.3 Å². The molecule has 1 heterocycles. The van der Waals surface area contributed by atoms with Crippen molar-refractivity contribution in [3.63, 3.8) is 0 Å². The third-order valence-corrected chi connectivity index (χ3v) is 4.24. The van der Waals surface area contributed by atoms with Crippen LogP contribution in [0, 0.1) is 0 Å². The van der Waals surface area contributed by atoms with Crippen LogP contribution in [0.4, 0.5) is 22.9 Å². The fourth-order valence-electron chi connectivity index (χ4n) is 2.47. The number of nitrogens with two attached hydrogens (primary N) is 5. The first-order valence-electron chi connectivity index (χ1n) is 9.90. The molecule has 0 amide bonds. The average Bonchev–Trinajstić information content (AvgIpc) is 2.74. The Bertz CT molecular complexity index is 792. The van der Waals surface area contributed by atoms with Crippen molar-refractivity contribution in [1.82, 2.24) is 4.98 Å². The van der Waals surface area contributed by atoms with Gasteiger partial charge in [0.05, 0.1) is 25.1 Å². The quantitative estimate of drug-likeness (QED) is 0.337. The summed E-state index contributed by atoms with van der Waals surface area (Å²) in [5.74, 6) is 0.499. The third-order valence-electron chi connectivity index (χ3n) is 4.24. The SMILES string of the molecule is CC1(N)C=CC(N)=CC1.Nc1ccc(N(CCO)CCO)cc1.Nc1ccc(N)nc1. The summed E-state index contributed by atoms with van der Waals surface area (Å²) in [7, 11) is 0. The van der Waals surface area contributed by atoms with Crippen LogP contribution >= 0.6 is 0 Å². The van der Waals surface area contributed by atoms with Gasteiger partial charge in [0.2, 0.25) is 0 Å². The summed E-state index contributed by atoms with van der Waals surface area (Å²) in [5.41, 5.74) is 30.3. The highest BCUT2D eigenvalue weighted by molar-refractivity contribution is 5.53. The first-order valence-corrected chi connectivity index (χ1v) is 9.90. The molecule has 1 aromatic carbocycles. The maximum Gasteiger partial charge on any atom is 0.123 e. The second-order valence-electron chi connectivity index (χ2n) is 7.29. The number of aliphatic hydroxyl groups is 2. The van der Waals surface area contributed by atoms with Crippen molar-refractivity contribution in [3.8, 4) is 0 Å². The summed E-state index contributed by atoms with van der Waals surface area (Å²) in [6.45, 7) is 3.16. The molecule has 0 radical (unpaired) electrons. The number of allylic oxidation sites excluding steroid dienone is 1. The molecule has 3 rings (SSSR count). The van der Waals surface area contributed by atoms with Crippen LogP contribution in [-0.4, -0.2) is 47.0 Å². The number of aromatic nitrogens is 1. The maximum absolute atomic E-state index is 8.83. The number of benzene rings is 1. The number of pyridine rings is 1. The predicted octanol–water partition coefficient (Wildman–Crippen LogP) is 0.812. The highest BCUT2D eigenvalue weighted by Gasteiger charge is 2.14. The Hall–Kier alpha value is -3.27. The van der Waals surface area contributed by atoms with E-state index in [1.54, 1.807) is 24.3 Å². The fraction of sp³-hybridized carbons (Fsp3) is 0.318. The van der Waals surface area contributed by atoms with Gasteiger partial charge in [-0.3, -0.25) is 0 Å². The summed E-state index contributed by atoms with van der Waals surface area (Å²) < 4.78 is 0. The van der Waals surface area contributed by atoms with E-state index in [0.717, 1.165) is 17.8 Å². The minimum Gasteiger partial charge on any atom is -0.399 e. The zero-order valence-electron chi connectivity index (χ0n) is 18.0. The van der Waals surface area contributed by atoms with Crippen LogP contribution in [-0.2, 0) is 0 Å². The molecule has 31 heavy (non-hydrogen) atoms. The normalized spacial score (nSPS) is 16.8. The van der Waals surface area contributed by atoms with Gasteiger partial charge in [0.15, 0.2) is 0 Å². The second kappa shape index (κ2) is 13.1. The molecule has 0 fully saturated rings. The number of rotatable bonds is 5. The van der Waals surface area contributed by atoms with Crippen LogP contribution in [0.2, 0.25) is 0 Å². The standard InChI is InChI=1S/C10H16N2O2.C7H12N2.C5H7N3/c11-9-1-3-10(4-2-9)12(5-7-13)6-8-14;1-7(9)4-2-6(8)3-5-7;6-4-1-2-5(7)8-3-4/h1-4,13-14H,5-8,11H2;2-4H,5,8-9H2,1H3;1-3H,6H2,(H2,7,8). The van der Waals surface area contributed by atoms with Gasteiger partial charge in [-0.2, -0.15) is 0 Å². The predicted molar refractivity (Wildman–Crippen MR) is 129 cm³/mol. The molecular formula is C22H35N7O2. The monoisotopic (exact) mass is 429 g/mol. The van der Waals surface area contributed by atoms with E-state index in [1.807, 2.05) is 42.2 Å². The smallest absolute Gasteiger partial charge is 0.123 e. The maximum atomic E-state index is 8.83. The lowest BCUT2D eigenvalue weighted by molar-refractivity contribution is 0.281. The van der Waals surface area contributed by atoms with Crippen LogP contribution in [0.5, 0.6) is 0 Å². The van der Waals surface area contributed by atoms with E-state index in [0.29, 0.717) is 30.3 Å². The van der Waals surface area contributed by atoms with Gasteiger partial charge in [0.25, 0.3) is 0 Å². The Labute approximate surface area is 183 Å². The summed E-state index contributed by atoms with van der Waals surface area (Å²) in [4.78, 5) is 5.63. The van der Waals surface area contributed by atoms with Crippen molar-refractivity contribution < 1.29 is 10.2 Å². The zero-order chi connectivity index (χ0) is 23.3. The van der Waals surface area contributed by atoms with Gasteiger partial charge in [0.1, 0.15) is 5.82 Å². The molecule has 1 unspecified atom stereocenters. The lowest BCUT2D eigenvalue weighted by Gasteiger charge is -2.22. The Kier molecular flexibility index (Phi) is 10.9. The van der Waals surface area contributed by atoms with Crippen molar-refractivity contribution >= 4 is 22.9 Å². The molecule has 2 aromatic rings. The Balaban J connectivity index is 0.000000245. The molecule has 1 aliphatic rings. The van der Waals surface area contributed by atoms with E-state index < -0.39 is 0 Å². The lowest BCUT2D eigenvalue weighted by Crippen LogP contribution is -2.34. The van der Waals surface area contributed by atoms with Crippen molar-refractivity contribution in [2.75, 3.05) is 48.4 Å². The molecule has 9 heteroatoms. The van der Waals surface area contributed by atoms with Gasteiger partial charge in [0, 0.05) is 35.7 Å². The number of anilines is 4. The minimum absolute atomic E-state index is 0.0738. The van der Waals surface area contributed by atoms with Crippen molar-refractivity contribution in [2.24, 2.45) is 11.5 Å². The summed E-state index contributed by atoms with van der Waals surface area (Å²) in [5, 5.41) is 17.7. The van der Waals surface area contributed by atoms with E-state index in [9.17, 15) is 0 Å². The zero-order valence-corrected chi connectivity index (χ0v) is 18.0. The largest absolute Gasteiger partial charge is 0.399 e. The number of nitrogen functional groups attached to an aromatic ring is 3. The summed E-state index contributed by atoms with van der Waals surface area (Å²) in [6, 6.07) is 10.7. The minimum atomic E-state index is -0.178. The molecular weight excluding hydrogens is 394 g/mol. The summed E-state index contributed by atoms with van der Waals surface area (Å²) in [6.07, 6.45) is 8.09. The van der Waals surface area contributed by atoms with E-state index in [1.165, 1.54) is 6.20 Å². The van der Waals surface area contributed by atoms with Crippen LogP contribution in [0.25, 0.3) is 0 Å². The third kappa shape index (κ3) is 10.9. The Morgan fingerprint density at radius 3 is 1.90 bits per heavy atom. The first-order chi connectivity index (χ1) is 14.7. The van der Waals surface area contributed by atoms with Gasteiger partial charge < -0.3 is 43.8 Å². The van der Waals surface area contributed by atoms with Gasteiger partial charge in [-0.05, 0) is 55.8 Å². The van der Waals surface area contributed by atoms with E-state index in [4.69, 9.17) is 38.9 Å². The fourth-order valence-corrected chi connectivity index (χ4v) is 2.47. The average molecular weight is 430 g/mol. The van der Waals surface area contributed by atoms with Crippen molar-refractivity contribution in [1.29, 1.82) is 0 Å². The molecule has 0 aliphatic heterocycles. The molecule has 0 spiro atoms. The molecule has 170 valence electrons. The topological polar surface area (TPSA) is 187 Å². The van der Waals surface area contributed by atoms with Crippen LogP contribution in [0.15, 0.2) is 66.5 Å².